The number of nitrogens with zero attached hydrogens (tertiary/aromatic N) is 2. The number of hydrogen-bond donors (Lipinski definition) is 2. The SMILES string of the molecule is COc1ccccc1CCNC(=O)CN1CCN(c2ccccc2O)CC1. The highest BCUT2D eigenvalue weighted by Gasteiger charge is 2.20. The van der Waals surface area contributed by atoms with Gasteiger partial charge in [0.2, 0.25) is 5.91 Å². The second kappa shape index (κ2) is 9.28. The second-order valence-electron chi connectivity index (χ2n) is 6.66. The van der Waals surface area contributed by atoms with Gasteiger partial charge >= 0.3 is 0 Å². The zero-order chi connectivity index (χ0) is 19.1. The summed E-state index contributed by atoms with van der Waals surface area (Å²) in [6, 6.07) is 15.2. The first kappa shape index (κ1) is 19.0. The van der Waals surface area contributed by atoms with E-state index < -0.39 is 0 Å². The quantitative estimate of drug-likeness (QED) is 0.780. The first-order valence-electron chi connectivity index (χ1n) is 9.31. The molecule has 2 N–H and O–H groups in total. The highest BCUT2D eigenvalue weighted by Crippen LogP contribution is 2.27. The predicted molar refractivity (Wildman–Crippen MR) is 106 cm³/mol. The van der Waals surface area contributed by atoms with Crippen molar-refractivity contribution in [2.45, 2.75) is 6.42 Å². The largest absolute Gasteiger partial charge is 0.506 e. The number of benzene rings is 2. The molecule has 0 saturated carbocycles. The zero-order valence-electron chi connectivity index (χ0n) is 15.7. The molecule has 1 heterocycles. The summed E-state index contributed by atoms with van der Waals surface area (Å²) >= 11 is 0. The van der Waals surface area contributed by atoms with Crippen LogP contribution in [-0.4, -0.2) is 62.3 Å². The maximum atomic E-state index is 12.2. The number of ether oxygens (including phenoxy) is 1. The van der Waals surface area contributed by atoms with E-state index in [1.165, 1.54) is 0 Å². The highest BCUT2D eigenvalue weighted by molar-refractivity contribution is 5.78. The van der Waals surface area contributed by atoms with Crippen LogP contribution in [0.15, 0.2) is 48.5 Å². The number of amides is 1. The molecule has 1 amide bonds. The van der Waals surface area contributed by atoms with Crippen molar-refractivity contribution in [3.63, 3.8) is 0 Å². The van der Waals surface area contributed by atoms with Gasteiger partial charge < -0.3 is 20.1 Å². The van der Waals surface area contributed by atoms with Crippen molar-refractivity contribution < 1.29 is 14.6 Å². The molecule has 3 rings (SSSR count). The Hall–Kier alpha value is -2.73. The van der Waals surface area contributed by atoms with E-state index in [0.717, 1.165) is 49.6 Å². The number of aromatic hydroxyl groups is 1. The number of piperazine rings is 1. The van der Waals surface area contributed by atoms with E-state index in [2.05, 4.69) is 15.1 Å². The summed E-state index contributed by atoms with van der Waals surface area (Å²) in [5.41, 5.74) is 1.95. The third-order valence-electron chi connectivity index (χ3n) is 4.87. The molecule has 0 unspecified atom stereocenters. The summed E-state index contributed by atoms with van der Waals surface area (Å²) in [4.78, 5) is 16.5. The average Bonchev–Trinajstić information content (AvgIpc) is 2.69. The molecule has 0 bridgehead atoms. The number of phenolic OH excluding ortho intramolecular Hbond substituents is 1. The summed E-state index contributed by atoms with van der Waals surface area (Å²) < 4.78 is 5.34. The minimum absolute atomic E-state index is 0.0425. The van der Waals surface area contributed by atoms with E-state index in [1.54, 1.807) is 13.2 Å². The topological polar surface area (TPSA) is 65.0 Å². The van der Waals surface area contributed by atoms with Crippen LogP contribution in [0.4, 0.5) is 5.69 Å². The lowest BCUT2D eigenvalue weighted by Crippen LogP contribution is -2.49. The second-order valence-corrected chi connectivity index (χ2v) is 6.66. The molecule has 2 aromatic rings. The van der Waals surface area contributed by atoms with E-state index in [1.807, 2.05) is 42.5 Å². The van der Waals surface area contributed by atoms with Crippen LogP contribution in [0, 0.1) is 0 Å². The van der Waals surface area contributed by atoms with E-state index >= 15 is 0 Å². The Balaban J connectivity index is 1.40. The van der Waals surface area contributed by atoms with Gasteiger partial charge in [0.05, 0.1) is 19.3 Å². The number of anilines is 1. The van der Waals surface area contributed by atoms with Crippen LogP contribution in [0.3, 0.4) is 0 Å². The molecule has 144 valence electrons. The van der Waals surface area contributed by atoms with Gasteiger partial charge in [0.15, 0.2) is 0 Å². The number of hydrogen-bond acceptors (Lipinski definition) is 5. The van der Waals surface area contributed by atoms with E-state index in [4.69, 9.17) is 4.74 Å². The Labute approximate surface area is 160 Å². The molecule has 0 radical (unpaired) electrons. The molecule has 27 heavy (non-hydrogen) atoms. The molecule has 0 atom stereocenters. The molecule has 6 nitrogen and oxygen atoms in total. The highest BCUT2D eigenvalue weighted by atomic mass is 16.5. The monoisotopic (exact) mass is 369 g/mol. The van der Waals surface area contributed by atoms with Crippen LogP contribution in [0.25, 0.3) is 0 Å². The number of carbonyl (C=O) groups excluding carboxylic acids is 1. The molecule has 1 saturated heterocycles. The fourth-order valence-corrected chi connectivity index (χ4v) is 3.38. The lowest BCUT2D eigenvalue weighted by atomic mass is 10.1. The maximum Gasteiger partial charge on any atom is 0.234 e. The molecule has 1 aliphatic rings. The summed E-state index contributed by atoms with van der Waals surface area (Å²) in [6.45, 7) is 4.19. The number of rotatable bonds is 7. The predicted octanol–water partition coefficient (Wildman–Crippen LogP) is 1.88. The lowest BCUT2D eigenvalue weighted by molar-refractivity contribution is -0.122. The number of phenols is 1. The van der Waals surface area contributed by atoms with E-state index in [0.29, 0.717) is 18.8 Å². The number of para-hydroxylation sites is 3. The van der Waals surface area contributed by atoms with Crippen molar-refractivity contribution in [3.05, 3.63) is 54.1 Å². The van der Waals surface area contributed by atoms with E-state index in [-0.39, 0.29) is 5.91 Å². The molecular weight excluding hydrogens is 342 g/mol. The lowest BCUT2D eigenvalue weighted by Gasteiger charge is -2.35. The van der Waals surface area contributed by atoms with Gasteiger partial charge in [0.25, 0.3) is 0 Å². The van der Waals surface area contributed by atoms with E-state index in [9.17, 15) is 9.90 Å². The Morgan fingerprint density at radius 1 is 1.07 bits per heavy atom. The zero-order valence-corrected chi connectivity index (χ0v) is 15.7. The summed E-state index contributed by atoms with van der Waals surface area (Å²) in [7, 11) is 1.66. The average molecular weight is 369 g/mol. The van der Waals surface area contributed by atoms with Gasteiger partial charge in [-0.05, 0) is 30.2 Å². The minimum atomic E-state index is 0.0425. The van der Waals surface area contributed by atoms with Gasteiger partial charge in [0.1, 0.15) is 11.5 Å². The fraction of sp³-hybridized carbons (Fsp3) is 0.381. The normalized spacial score (nSPS) is 14.8. The van der Waals surface area contributed by atoms with Crippen LogP contribution in [-0.2, 0) is 11.2 Å². The van der Waals surface area contributed by atoms with Crippen LogP contribution < -0.4 is 15.0 Å². The molecule has 0 aromatic heterocycles. The van der Waals surface area contributed by atoms with Gasteiger partial charge in [-0.1, -0.05) is 30.3 Å². The van der Waals surface area contributed by atoms with Crippen molar-refractivity contribution >= 4 is 11.6 Å². The number of nitrogens with one attached hydrogen (secondary N) is 1. The van der Waals surface area contributed by atoms with Crippen LogP contribution in [0.2, 0.25) is 0 Å². The van der Waals surface area contributed by atoms with Crippen molar-refractivity contribution in [3.8, 4) is 11.5 Å². The van der Waals surface area contributed by atoms with Crippen molar-refractivity contribution in [1.29, 1.82) is 0 Å². The third-order valence-corrected chi connectivity index (χ3v) is 4.87. The summed E-state index contributed by atoms with van der Waals surface area (Å²) in [5, 5.41) is 13.0. The smallest absolute Gasteiger partial charge is 0.234 e. The number of methoxy groups -OCH3 is 1. The molecule has 6 heteroatoms. The molecular formula is C21H27N3O3. The maximum absolute atomic E-state index is 12.2. The minimum Gasteiger partial charge on any atom is -0.506 e. The Bertz CT molecular complexity index is 758. The van der Waals surface area contributed by atoms with Crippen LogP contribution >= 0.6 is 0 Å². The van der Waals surface area contributed by atoms with Crippen LogP contribution in [0.5, 0.6) is 11.5 Å². The van der Waals surface area contributed by atoms with Gasteiger partial charge in [-0.25, -0.2) is 0 Å². The Morgan fingerprint density at radius 3 is 2.52 bits per heavy atom. The molecule has 0 spiro atoms. The third kappa shape index (κ3) is 5.14. The van der Waals surface area contributed by atoms with Crippen molar-refractivity contribution in [2.24, 2.45) is 0 Å². The molecule has 1 aliphatic heterocycles. The summed E-state index contributed by atoms with van der Waals surface area (Å²) in [6.07, 6.45) is 0.747. The summed E-state index contributed by atoms with van der Waals surface area (Å²) in [5.74, 6) is 1.20. The van der Waals surface area contributed by atoms with Crippen molar-refractivity contribution in [2.75, 3.05) is 51.3 Å². The first-order chi connectivity index (χ1) is 13.2. The van der Waals surface area contributed by atoms with Gasteiger partial charge in [-0.3, -0.25) is 9.69 Å². The first-order valence-corrected chi connectivity index (χ1v) is 9.31. The number of carbonyl (C=O) groups is 1. The molecule has 0 aliphatic carbocycles. The van der Waals surface area contributed by atoms with Crippen molar-refractivity contribution in [1.82, 2.24) is 10.2 Å². The van der Waals surface area contributed by atoms with Gasteiger partial charge in [-0.15, -0.1) is 0 Å². The van der Waals surface area contributed by atoms with Gasteiger partial charge in [-0.2, -0.15) is 0 Å². The van der Waals surface area contributed by atoms with Crippen LogP contribution in [0.1, 0.15) is 5.56 Å². The Morgan fingerprint density at radius 2 is 1.78 bits per heavy atom. The molecule has 2 aromatic carbocycles. The standard InChI is InChI=1S/C21H27N3O3/c1-27-20-9-5-2-6-17(20)10-11-22-21(26)16-23-12-14-24(15-13-23)18-7-3-4-8-19(18)25/h2-9,25H,10-16H2,1H3,(H,22,26). The fourth-order valence-electron chi connectivity index (χ4n) is 3.38. The Kier molecular flexibility index (Phi) is 6.54. The van der Waals surface area contributed by atoms with Gasteiger partial charge in [0, 0.05) is 32.7 Å². The molecule has 1 fully saturated rings.